The van der Waals surface area contributed by atoms with Crippen LogP contribution >= 0.6 is 0 Å². The first-order chi connectivity index (χ1) is 17.5. The Labute approximate surface area is 208 Å². The molecule has 3 N–H and O–H groups in total. The first kappa shape index (κ1) is 20.8. The van der Waals surface area contributed by atoms with E-state index in [0.717, 1.165) is 42.0 Å². The molecule has 4 aromatic rings. The maximum absolute atomic E-state index is 15.6. The molecular formula is C28H29FN6O. The third-order valence-corrected chi connectivity index (χ3v) is 9.17. The first-order valence-electron chi connectivity index (χ1n) is 13.1. The molecule has 2 aliphatic carbocycles. The number of piperidine rings is 1. The van der Waals surface area contributed by atoms with Gasteiger partial charge < -0.3 is 25.1 Å². The molecule has 36 heavy (non-hydrogen) atoms. The molecule has 0 spiro atoms. The summed E-state index contributed by atoms with van der Waals surface area (Å²) in [5.41, 5.74) is 10.9. The lowest BCUT2D eigenvalue weighted by Gasteiger charge is -2.29. The van der Waals surface area contributed by atoms with Gasteiger partial charge >= 0.3 is 0 Å². The quantitative estimate of drug-likeness (QED) is 0.455. The minimum absolute atomic E-state index is 0.0308. The van der Waals surface area contributed by atoms with E-state index >= 15 is 4.39 Å². The van der Waals surface area contributed by atoms with Crippen LogP contribution < -0.4 is 11.1 Å². The van der Waals surface area contributed by atoms with Crippen molar-refractivity contribution in [2.45, 2.75) is 43.8 Å². The number of hydrogen-bond donors (Lipinski definition) is 2. The average Bonchev–Trinajstić information content (AvgIpc) is 3.33. The van der Waals surface area contributed by atoms with Crippen molar-refractivity contribution in [1.82, 2.24) is 19.0 Å². The predicted molar refractivity (Wildman–Crippen MR) is 137 cm³/mol. The molecule has 8 heteroatoms. The highest BCUT2D eigenvalue weighted by Crippen LogP contribution is 2.47. The topological polar surface area (TPSA) is 81.1 Å². The summed E-state index contributed by atoms with van der Waals surface area (Å²) in [7, 11) is 1.87. The molecule has 2 saturated carbocycles. The largest absolute Gasteiger partial charge is 0.381 e. The number of carbonyl (C=O) groups is 1. The lowest BCUT2D eigenvalue weighted by Crippen LogP contribution is -2.41. The summed E-state index contributed by atoms with van der Waals surface area (Å²) < 4.78 is 19.8. The number of fused-ring (bicyclic) bond motifs is 3. The number of benzene rings is 2. The molecule has 0 radical (unpaired) electrons. The van der Waals surface area contributed by atoms with E-state index in [1.54, 1.807) is 6.07 Å². The van der Waals surface area contributed by atoms with Crippen LogP contribution in [0.25, 0.3) is 33.5 Å². The Kier molecular flexibility index (Phi) is 4.09. The fourth-order valence-electron chi connectivity index (χ4n) is 7.20. The van der Waals surface area contributed by atoms with E-state index in [0.29, 0.717) is 41.0 Å². The van der Waals surface area contributed by atoms with E-state index in [1.807, 2.05) is 16.5 Å². The van der Waals surface area contributed by atoms with Gasteiger partial charge in [-0.15, -0.1) is 0 Å². The van der Waals surface area contributed by atoms with Gasteiger partial charge in [-0.1, -0.05) is 12.1 Å². The Morgan fingerprint density at radius 1 is 1.08 bits per heavy atom. The molecule has 2 aromatic carbocycles. The number of para-hydroxylation sites is 1. The highest BCUT2D eigenvalue weighted by Gasteiger charge is 2.47. The molecule has 2 aromatic heterocycles. The van der Waals surface area contributed by atoms with E-state index in [-0.39, 0.29) is 18.0 Å². The molecule has 1 amide bonds. The molecule has 184 valence electrons. The SMILES string of the molecule is Cn1c(-c2cc3cccc4c3n2[C@@H](C2CC2)CN4)nc2cc(C(=O)N3C[C@H]4CC[C@@H]3[C@@H]4N)cc(F)c21. The summed E-state index contributed by atoms with van der Waals surface area (Å²) in [6.07, 6.45) is 4.47. The molecule has 8 rings (SSSR count). The number of aryl methyl sites for hydroxylation is 1. The normalized spacial score (nSPS) is 26.8. The van der Waals surface area contributed by atoms with Crippen LogP contribution in [0, 0.1) is 17.7 Å². The fraction of sp³-hybridized carbons (Fsp3) is 0.429. The molecule has 7 nitrogen and oxygen atoms in total. The molecular weight excluding hydrogens is 455 g/mol. The van der Waals surface area contributed by atoms with Gasteiger partial charge in [-0.2, -0.15) is 0 Å². The highest BCUT2D eigenvalue weighted by molar-refractivity contribution is 6.00. The average molecular weight is 485 g/mol. The monoisotopic (exact) mass is 484 g/mol. The number of aromatic nitrogens is 3. The van der Waals surface area contributed by atoms with Crippen molar-refractivity contribution in [2.75, 3.05) is 18.4 Å². The van der Waals surface area contributed by atoms with E-state index < -0.39 is 5.82 Å². The van der Waals surface area contributed by atoms with E-state index in [4.69, 9.17) is 10.7 Å². The summed E-state index contributed by atoms with van der Waals surface area (Å²) >= 11 is 0. The Hall–Kier alpha value is -3.39. The van der Waals surface area contributed by atoms with Crippen molar-refractivity contribution in [3.05, 3.63) is 47.8 Å². The molecule has 2 aliphatic heterocycles. The van der Waals surface area contributed by atoms with Crippen molar-refractivity contribution >= 4 is 33.5 Å². The van der Waals surface area contributed by atoms with Crippen LogP contribution in [-0.4, -0.2) is 50.1 Å². The summed E-state index contributed by atoms with van der Waals surface area (Å²) in [4.78, 5) is 20.2. The molecule has 4 heterocycles. The third-order valence-electron chi connectivity index (χ3n) is 9.17. The van der Waals surface area contributed by atoms with E-state index in [2.05, 4.69) is 34.1 Å². The summed E-state index contributed by atoms with van der Waals surface area (Å²) in [5.74, 6) is 1.18. The zero-order valence-electron chi connectivity index (χ0n) is 20.2. The Morgan fingerprint density at radius 3 is 2.67 bits per heavy atom. The lowest BCUT2D eigenvalue weighted by molar-refractivity contribution is 0.0700. The van der Waals surface area contributed by atoms with E-state index in [1.165, 1.54) is 24.4 Å². The Balaban J connectivity index is 1.27. The van der Waals surface area contributed by atoms with Gasteiger partial charge in [-0.25, -0.2) is 9.37 Å². The number of nitrogens with two attached hydrogens (primary N) is 1. The lowest BCUT2D eigenvalue weighted by atomic mass is 10.1. The predicted octanol–water partition coefficient (Wildman–Crippen LogP) is 4.27. The van der Waals surface area contributed by atoms with Gasteiger partial charge in [-0.3, -0.25) is 4.79 Å². The van der Waals surface area contributed by atoms with Crippen LogP contribution in [0.1, 0.15) is 42.1 Å². The van der Waals surface area contributed by atoms with Gasteiger partial charge in [-0.05, 0) is 61.8 Å². The third kappa shape index (κ3) is 2.70. The number of halogens is 1. The summed E-state index contributed by atoms with van der Waals surface area (Å²) in [5, 5.41) is 4.77. The Bertz CT molecular complexity index is 1580. The minimum Gasteiger partial charge on any atom is -0.381 e. The number of nitrogens with zero attached hydrogens (tertiary/aromatic N) is 4. The van der Waals surface area contributed by atoms with Crippen molar-refractivity contribution in [2.24, 2.45) is 24.6 Å². The number of rotatable bonds is 3. The number of likely N-dealkylation sites (tertiary alicyclic amines) is 1. The number of amides is 1. The maximum Gasteiger partial charge on any atom is 0.254 e. The molecule has 4 aliphatic rings. The van der Waals surface area contributed by atoms with Crippen molar-refractivity contribution in [1.29, 1.82) is 0 Å². The van der Waals surface area contributed by atoms with Crippen molar-refractivity contribution in [3.63, 3.8) is 0 Å². The van der Waals surface area contributed by atoms with Crippen LogP contribution in [0.2, 0.25) is 0 Å². The van der Waals surface area contributed by atoms with Gasteiger partial charge in [0.05, 0.1) is 28.5 Å². The number of imidazole rings is 1. The maximum atomic E-state index is 15.6. The van der Waals surface area contributed by atoms with Crippen LogP contribution in [0.5, 0.6) is 0 Å². The Morgan fingerprint density at radius 2 is 1.92 bits per heavy atom. The number of nitrogens with one attached hydrogen (secondary N) is 1. The highest BCUT2D eigenvalue weighted by atomic mass is 19.1. The molecule has 2 bridgehead atoms. The molecule has 0 unspecified atom stereocenters. The van der Waals surface area contributed by atoms with Crippen LogP contribution in [0.15, 0.2) is 36.4 Å². The second-order valence-electron chi connectivity index (χ2n) is 11.2. The van der Waals surface area contributed by atoms with Crippen LogP contribution in [-0.2, 0) is 7.05 Å². The summed E-state index contributed by atoms with van der Waals surface area (Å²) in [6.45, 7) is 1.55. The smallest absolute Gasteiger partial charge is 0.254 e. The number of hydrogen-bond acceptors (Lipinski definition) is 4. The summed E-state index contributed by atoms with van der Waals surface area (Å²) in [6, 6.07) is 12.1. The van der Waals surface area contributed by atoms with Crippen LogP contribution in [0.4, 0.5) is 10.1 Å². The van der Waals surface area contributed by atoms with Crippen LogP contribution in [0.3, 0.4) is 0 Å². The number of carbonyl (C=O) groups excluding carboxylic acids is 1. The molecule has 1 saturated heterocycles. The fourth-order valence-corrected chi connectivity index (χ4v) is 7.20. The molecule has 4 atom stereocenters. The van der Waals surface area contributed by atoms with E-state index in [9.17, 15) is 4.79 Å². The zero-order chi connectivity index (χ0) is 24.3. The second-order valence-corrected chi connectivity index (χ2v) is 11.2. The number of anilines is 1. The minimum atomic E-state index is -0.415. The van der Waals surface area contributed by atoms with Crippen molar-refractivity contribution < 1.29 is 9.18 Å². The van der Waals surface area contributed by atoms with Gasteiger partial charge in [0, 0.05) is 43.2 Å². The van der Waals surface area contributed by atoms with Gasteiger partial charge in [0.1, 0.15) is 11.3 Å². The standard InChI is InChI=1S/C28H29FN6O/c1-33-26-18(29)9-17(28(36)34-13-16-7-8-21(34)24(16)30)10-20(26)32-27(33)22-11-15-3-2-4-19-25(15)35(22)23(12-31-19)14-5-6-14/h2-4,9-11,14,16,21,23-24,31H,5-8,12-13,30H2,1H3/t16-,21-,23-,24-/m1/s1. The van der Waals surface area contributed by atoms with Gasteiger partial charge in [0.25, 0.3) is 5.91 Å². The first-order valence-corrected chi connectivity index (χ1v) is 13.1. The second kappa shape index (κ2) is 7.09. The van der Waals surface area contributed by atoms with Crippen molar-refractivity contribution in [3.8, 4) is 11.5 Å². The zero-order valence-corrected chi connectivity index (χ0v) is 20.2. The molecule has 3 fully saturated rings. The van der Waals surface area contributed by atoms with Gasteiger partial charge in [0.2, 0.25) is 0 Å². The van der Waals surface area contributed by atoms with Gasteiger partial charge in [0.15, 0.2) is 5.82 Å².